The Morgan fingerprint density at radius 2 is 1.96 bits per heavy atom. The Bertz CT molecular complexity index is 601. The molecule has 1 amide bonds. The Morgan fingerprint density at radius 1 is 1.24 bits per heavy atom. The molecule has 1 aromatic rings. The predicted molar refractivity (Wildman–Crippen MR) is 99.3 cm³/mol. The van der Waals surface area contributed by atoms with Crippen molar-refractivity contribution in [3.05, 3.63) is 33.9 Å². The molecule has 25 heavy (non-hydrogen) atoms. The van der Waals surface area contributed by atoms with Crippen LogP contribution >= 0.6 is 0 Å². The Hall–Kier alpha value is -1.43. The zero-order chi connectivity index (χ0) is 18.4. The molecule has 5 heteroatoms. The first-order valence-corrected chi connectivity index (χ1v) is 9.28. The second-order valence-corrected chi connectivity index (χ2v) is 7.19. The van der Waals surface area contributed by atoms with E-state index in [1.54, 1.807) is 0 Å². The number of aryl methyl sites for hydroxylation is 2. The smallest absolute Gasteiger partial charge is 0.224 e. The third kappa shape index (κ3) is 5.03. The summed E-state index contributed by atoms with van der Waals surface area (Å²) in [4.78, 5) is 14.7. The van der Waals surface area contributed by atoms with Gasteiger partial charge in [0.05, 0.1) is 12.5 Å². The van der Waals surface area contributed by atoms with E-state index in [2.05, 4.69) is 30.1 Å². The summed E-state index contributed by atoms with van der Waals surface area (Å²) in [6.07, 6.45) is 2.55. The van der Waals surface area contributed by atoms with Crippen LogP contribution in [0.1, 0.15) is 47.1 Å². The van der Waals surface area contributed by atoms with Crippen molar-refractivity contribution in [3.8, 4) is 0 Å². The second kappa shape index (κ2) is 9.32. The summed E-state index contributed by atoms with van der Waals surface area (Å²) in [6.45, 7) is 9.57. The molecule has 1 aromatic carbocycles. The SMILES string of the molecule is Cc1cc(C)c(CN2CCCC(C(=O)NCCCO)C2)c(C)c1CO. The van der Waals surface area contributed by atoms with E-state index >= 15 is 0 Å². The van der Waals surface area contributed by atoms with Crippen molar-refractivity contribution >= 4 is 5.91 Å². The van der Waals surface area contributed by atoms with Crippen LogP contribution in [0, 0.1) is 26.7 Å². The molecule has 0 aromatic heterocycles. The summed E-state index contributed by atoms with van der Waals surface area (Å²) in [5, 5.41) is 21.4. The van der Waals surface area contributed by atoms with Gasteiger partial charge in [0, 0.05) is 26.2 Å². The van der Waals surface area contributed by atoms with Gasteiger partial charge in [-0.3, -0.25) is 9.69 Å². The second-order valence-electron chi connectivity index (χ2n) is 7.19. The molecule has 1 aliphatic rings. The normalized spacial score (nSPS) is 18.4. The third-order valence-corrected chi connectivity index (χ3v) is 5.34. The number of aliphatic hydroxyl groups is 2. The minimum atomic E-state index is 0.0239. The van der Waals surface area contributed by atoms with Crippen LogP contribution in [-0.4, -0.2) is 47.3 Å². The van der Waals surface area contributed by atoms with Crippen LogP contribution in [0.3, 0.4) is 0 Å². The largest absolute Gasteiger partial charge is 0.396 e. The number of nitrogens with one attached hydrogen (secondary N) is 1. The van der Waals surface area contributed by atoms with Crippen LogP contribution < -0.4 is 5.32 Å². The standard InChI is InChI=1S/C20H32N2O3/c1-14-10-15(2)19(13-24)16(3)18(14)12-22-8-4-6-17(11-22)20(25)21-7-5-9-23/h10,17,23-24H,4-9,11-13H2,1-3H3,(H,21,25). The highest BCUT2D eigenvalue weighted by Gasteiger charge is 2.26. The highest BCUT2D eigenvalue weighted by Crippen LogP contribution is 2.26. The molecule has 1 fully saturated rings. The van der Waals surface area contributed by atoms with Crippen molar-refractivity contribution in [1.29, 1.82) is 0 Å². The van der Waals surface area contributed by atoms with Gasteiger partial charge in [0.2, 0.25) is 5.91 Å². The lowest BCUT2D eigenvalue weighted by Gasteiger charge is -2.33. The molecule has 0 saturated carbocycles. The Balaban J connectivity index is 2.04. The van der Waals surface area contributed by atoms with Gasteiger partial charge in [0.1, 0.15) is 0 Å². The summed E-state index contributed by atoms with van der Waals surface area (Å²) in [5.74, 6) is 0.127. The molecule has 2 rings (SSSR count). The van der Waals surface area contributed by atoms with Crippen LogP contribution in [0.15, 0.2) is 6.07 Å². The quantitative estimate of drug-likeness (QED) is 0.657. The van der Waals surface area contributed by atoms with Crippen molar-refractivity contribution in [3.63, 3.8) is 0 Å². The van der Waals surface area contributed by atoms with E-state index in [0.717, 1.165) is 43.6 Å². The highest BCUT2D eigenvalue weighted by molar-refractivity contribution is 5.78. The highest BCUT2D eigenvalue weighted by atomic mass is 16.3. The van der Waals surface area contributed by atoms with E-state index in [4.69, 9.17) is 5.11 Å². The van der Waals surface area contributed by atoms with E-state index in [-0.39, 0.29) is 25.0 Å². The van der Waals surface area contributed by atoms with Crippen LogP contribution in [0.5, 0.6) is 0 Å². The lowest BCUT2D eigenvalue weighted by molar-refractivity contribution is -0.126. The van der Waals surface area contributed by atoms with Crippen molar-refractivity contribution in [2.24, 2.45) is 5.92 Å². The van der Waals surface area contributed by atoms with Gasteiger partial charge in [0.25, 0.3) is 0 Å². The van der Waals surface area contributed by atoms with Gasteiger partial charge < -0.3 is 15.5 Å². The summed E-state index contributed by atoms with van der Waals surface area (Å²) < 4.78 is 0. The third-order valence-electron chi connectivity index (χ3n) is 5.34. The van der Waals surface area contributed by atoms with Gasteiger partial charge >= 0.3 is 0 Å². The average molecular weight is 348 g/mol. The molecular formula is C20H32N2O3. The van der Waals surface area contributed by atoms with Crippen LogP contribution in [0.4, 0.5) is 0 Å². The van der Waals surface area contributed by atoms with Crippen LogP contribution in [0.2, 0.25) is 0 Å². The Kier molecular flexibility index (Phi) is 7.41. The van der Waals surface area contributed by atoms with Gasteiger partial charge in [-0.2, -0.15) is 0 Å². The summed E-state index contributed by atoms with van der Waals surface area (Å²) in [6, 6.07) is 2.15. The predicted octanol–water partition coefficient (Wildman–Crippen LogP) is 1.81. The van der Waals surface area contributed by atoms with E-state index in [1.807, 2.05) is 6.92 Å². The van der Waals surface area contributed by atoms with E-state index in [9.17, 15) is 9.90 Å². The molecular weight excluding hydrogens is 316 g/mol. The molecule has 1 atom stereocenters. The minimum absolute atomic E-state index is 0.0239. The number of amides is 1. The molecule has 3 N–H and O–H groups in total. The van der Waals surface area contributed by atoms with Gasteiger partial charge in [0.15, 0.2) is 0 Å². The van der Waals surface area contributed by atoms with Crippen molar-refractivity contribution in [2.45, 2.75) is 53.2 Å². The number of hydrogen-bond acceptors (Lipinski definition) is 4. The molecule has 1 heterocycles. The number of carbonyl (C=O) groups is 1. The van der Waals surface area contributed by atoms with Gasteiger partial charge in [-0.25, -0.2) is 0 Å². The first-order valence-electron chi connectivity index (χ1n) is 9.28. The molecule has 1 unspecified atom stereocenters. The van der Waals surface area contributed by atoms with E-state index < -0.39 is 0 Å². The fourth-order valence-corrected chi connectivity index (χ4v) is 3.83. The number of carbonyl (C=O) groups excluding carboxylic acids is 1. The summed E-state index contributed by atoms with van der Waals surface area (Å²) in [7, 11) is 0. The molecule has 5 nitrogen and oxygen atoms in total. The fourth-order valence-electron chi connectivity index (χ4n) is 3.83. The van der Waals surface area contributed by atoms with Crippen molar-refractivity contribution < 1.29 is 15.0 Å². The number of hydrogen-bond donors (Lipinski definition) is 3. The van der Waals surface area contributed by atoms with Gasteiger partial charge in [-0.05, 0) is 74.4 Å². The van der Waals surface area contributed by atoms with Gasteiger partial charge in [-0.1, -0.05) is 6.07 Å². The maximum atomic E-state index is 12.3. The first kappa shape index (κ1) is 19.9. The lowest BCUT2D eigenvalue weighted by Crippen LogP contribution is -2.43. The maximum absolute atomic E-state index is 12.3. The van der Waals surface area contributed by atoms with Crippen LogP contribution in [0.25, 0.3) is 0 Å². The molecule has 1 saturated heterocycles. The number of piperidine rings is 1. The first-order chi connectivity index (χ1) is 12.0. The van der Waals surface area contributed by atoms with Gasteiger partial charge in [-0.15, -0.1) is 0 Å². The molecule has 0 bridgehead atoms. The maximum Gasteiger partial charge on any atom is 0.224 e. The molecule has 0 radical (unpaired) electrons. The molecule has 0 aliphatic carbocycles. The Labute approximate surface area is 151 Å². The molecule has 1 aliphatic heterocycles. The topological polar surface area (TPSA) is 72.8 Å². The zero-order valence-electron chi connectivity index (χ0n) is 15.8. The number of rotatable bonds is 7. The number of aliphatic hydroxyl groups excluding tert-OH is 2. The monoisotopic (exact) mass is 348 g/mol. The lowest BCUT2D eigenvalue weighted by atomic mass is 9.92. The number of benzene rings is 1. The Morgan fingerprint density at radius 3 is 2.64 bits per heavy atom. The number of likely N-dealkylation sites (tertiary alicyclic amines) is 1. The van der Waals surface area contributed by atoms with Crippen LogP contribution in [-0.2, 0) is 17.9 Å². The van der Waals surface area contributed by atoms with Crippen molar-refractivity contribution in [1.82, 2.24) is 10.2 Å². The van der Waals surface area contributed by atoms with E-state index in [0.29, 0.717) is 13.0 Å². The molecule has 140 valence electrons. The number of nitrogens with zero attached hydrogens (tertiary/aromatic N) is 1. The summed E-state index contributed by atoms with van der Waals surface area (Å²) >= 11 is 0. The molecule has 0 spiro atoms. The summed E-state index contributed by atoms with van der Waals surface area (Å²) in [5.41, 5.74) is 5.86. The fraction of sp³-hybridized carbons (Fsp3) is 0.650. The zero-order valence-corrected chi connectivity index (χ0v) is 15.8. The average Bonchev–Trinajstić information content (AvgIpc) is 2.59. The van der Waals surface area contributed by atoms with E-state index in [1.165, 1.54) is 16.7 Å². The van der Waals surface area contributed by atoms with Crippen molar-refractivity contribution in [2.75, 3.05) is 26.2 Å². The minimum Gasteiger partial charge on any atom is -0.396 e.